The zero-order valence-electron chi connectivity index (χ0n) is 11.4. The van der Waals surface area contributed by atoms with Crippen molar-refractivity contribution in [1.29, 1.82) is 0 Å². The van der Waals surface area contributed by atoms with Crippen molar-refractivity contribution in [3.05, 3.63) is 0 Å². The predicted molar refractivity (Wildman–Crippen MR) is 66.9 cm³/mol. The molecular formula is C12H22N2O4. The van der Waals surface area contributed by atoms with Crippen LogP contribution in [0.5, 0.6) is 0 Å². The summed E-state index contributed by atoms with van der Waals surface area (Å²) in [5.74, 6) is -1.58. The molecule has 0 aromatic rings. The molecule has 1 atom stereocenters. The van der Waals surface area contributed by atoms with Gasteiger partial charge in [0.2, 0.25) is 11.8 Å². The van der Waals surface area contributed by atoms with E-state index >= 15 is 0 Å². The van der Waals surface area contributed by atoms with Crippen LogP contribution in [0.15, 0.2) is 0 Å². The molecule has 0 bridgehead atoms. The van der Waals surface area contributed by atoms with Gasteiger partial charge in [-0.25, -0.2) is 4.79 Å². The Kier molecular flexibility index (Phi) is 7.00. The van der Waals surface area contributed by atoms with Crippen LogP contribution >= 0.6 is 0 Å². The van der Waals surface area contributed by atoms with Crippen molar-refractivity contribution in [2.45, 2.75) is 39.2 Å². The maximum atomic E-state index is 11.5. The lowest BCUT2D eigenvalue weighted by atomic mass is 10.0. The molecule has 0 unspecified atom stereocenters. The fourth-order valence-electron chi connectivity index (χ4n) is 1.38. The van der Waals surface area contributed by atoms with Gasteiger partial charge in [0.15, 0.2) is 0 Å². The highest BCUT2D eigenvalue weighted by Gasteiger charge is 2.23. The van der Waals surface area contributed by atoms with Crippen LogP contribution < -0.4 is 5.32 Å². The van der Waals surface area contributed by atoms with E-state index in [9.17, 15) is 14.4 Å². The first-order valence-corrected chi connectivity index (χ1v) is 5.98. The Hall–Kier alpha value is -1.59. The third-order valence-electron chi connectivity index (χ3n) is 2.54. The number of aliphatic carboxylic acids is 1. The van der Waals surface area contributed by atoms with E-state index in [0.717, 1.165) is 0 Å². The van der Waals surface area contributed by atoms with Crippen molar-refractivity contribution in [3.8, 4) is 0 Å². The molecule has 104 valence electrons. The van der Waals surface area contributed by atoms with Crippen LogP contribution in [0.2, 0.25) is 0 Å². The first kappa shape index (κ1) is 16.4. The summed E-state index contributed by atoms with van der Waals surface area (Å²) in [6.07, 6.45) is 0.878. The Morgan fingerprint density at radius 1 is 1.17 bits per heavy atom. The summed E-state index contributed by atoms with van der Waals surface area (Å²) in [4.78, 5) is 35.1. The third kappa shape index (κ3) is 6.22. The van der Waals surface area contributed by atoms with E-state index < -0.39 is 12.0 Å². The van der Waals surface area contributed by atoms with Crippen molar-refractivity contribution in [2.24, 2.45) is 5.92 Å². The van der Waals surface area contributed by atoms with Crippen molar-refractivity contribution in [2.75, 3.05) is 14.1 Å². The SMILES string of the molecule is CC(C)[C@@H](NC(=O)CCCC(=O)N(C)C)C(=O)O. The Labute approximate surface area is 107 Å². The van der Waals surface area contributed by atoms with Crippen molar-refractivity contribution in [3.63, 3.8) is 0 Å². The fourth-order valence-corrected chi connectivity index (χ4v) is 1.38. The highest BCUT2D eigenvalue weighted by atomic mass is 16.4. The standard InChI is InChI=1S/C12H22N2O4/c1-8(2)11(12(17)18)13-9(15)6-5-7-10(16)14(3)4/h8,11H,5-7H2,1-4H3,(H,13,15)(H,17,18)/t11-/m1/s1. The second kappa shape index (κ2) is 7.68. The van der Waals surface area contributed by atoms with Gasteiger partial charge >= 0.3 is 5.97 Å². The molecule has 0 fully saturated rings. The smallest absolute Gasteiger partial charge is 0.326 e. The van der Waals surface area contributed by atoms with Crippen LogP contribution in [0.25, 0.3) is 0 Å². The highest BCUT2D eigenvalue weighted by molar-refractivity contribution is 5.84. The van der Waals surface area contributed by atoms with E-state index in [0.29, 0.717) is 12.8 Å². The number of rotatable bonds is 7. The van der Waals surface area contributed by atoms with Gasteiger partial charge in [0.1, 0.15) is 6.04 Å². The summed E-state index contributed by atoms with van der Waals surface area (Å²) >= 11 is 0. The van der Waals surface area contributed by atoms with Crippen LogP contribution in [0.4, 0.5) is 0 Å². The molecular weight excluding hydrogens is 236 g/mol. The molecule has 6 heteroatoms. The van der Waals surface area contributed by atoms with E-state index in [1.807, 2.05) is 0 Å². The number of carbonyl (C=O) groups excluding carboxylic acids is 2. The average molecular weight is 258 g/mol. The normalized spacial score (nSPS) is 12.1. The van der Waals surface area contributed by atoms with Gasteiger partial charge in [0.25, 0.3) is 0 Å². The van der Waals surface area contributed by atoms with E-state index in [-0.39, 0.29) is 24.2 Å². The van der Waals surface area contributed by atoms with Crippen molar-refractivity contribution < 1.29 is 19.5 Å². The third-order valence-corrected chi connectivity index (χ3v) is 2.54. The number of nitrogens with one attached hydrogen (secondary N) is 1. The second-order valence-corrected chi connectivity index (χ2v) is 4.77. The monoisotopic (exact) mass is 258 g/mol. The summed E-state index contributed by atoms with van der Waals surface area (Å²) in [6, 6.07) is -0.873. The van der Waals surface area contributed by atoms with E-state index in [4.69, 9.17) is 5.11 Å². The quantitative estimate of drug-likeness (QED) is 0.695. The zero-order chi connectivity index (χ0) is 14.3. The number of hydrogen-bond acceptors (Lipinski definition) is 3. The van der Waals surface area contributed by atoms with E-state index in [1.165, 1.54) is 4.90 Å². The molecule has 0 heterocycles. The molecule has 2 N–H and O–H groups in total. The lowest BCUT2D eigenvalue weighted by Crippen LogP contribution is -2.44. The van der Waals surface area contributed by atoms with Crippen molar-refractivity contribution in [1.82, 2.24) is 10.2 Å². The maximum Gasteiger partial charge on any atom is 0.326 e. The van der Waals surface area contributed by atoms with Gasteiger partial charge in [-0.1, -0.05) is 13.8 Å². The Morgan fingerprint density at radius 2 is 1.72 bits per heavy atom. The van der Waals surface area contributed by atoms with Crippen molar-refractivity contribution >= 4 is 17.8 Å². The molecule has 2 amide bonds. The number of carboxylic acids is 1. The summed E-state index contributed by atoms with van der Waals surface area (Å²) in [5.41, 5.74) is 0. The van der Waals surface area contributed by atoms with E-state index in [1.54, 1.807) is 27.9 Å². The van der Waals surface area contributed by atoms with E-state index in [2.05, 4.69) is 5.32 Å². The summed E-state index contributed by atoms with van der Waals surface area (Å²) in [7, 11) is 3.31. The first-order chi connectivity index (χ1) is 8.25. The molecule has 0 saturated carbocycles. The average Bonchev–Trinajstić information content (AvgIpc) is 2.24. The first-order valence-electron chi connectivity index (χ1n) is 5.98. The van der Waals surface area contributed by atoms with Crippen LogP contribution in [0.3, 0.4) is 0 Å². The summed E-state index contributed by atoms with van der Waals surface area (Å²) in [5, 5.41) is 11.4. The molecule has 0 aliphatic rings. The predicted octanol–water partition coefficient (Wildman–Crippen LogP) is 0.470. The molecule has 0 radical (unpaired) electrons. The summed E-state index contributed by atoms with van der Waals surface area (Å²) in [6.45, 7) is 3.46. The number of hydrogen-bond donors (Lipinski definition) is 2. The molecule has 6 nitrogen and oxygen atoms in total. The number of carbonyl (C=O) groups is 3. The largest absolute Gasteiger partial charge is 0.480 e. The van der Waals surface area contributed by atoms with Crippen LogP contribution in [-0.4, -0.2) is 47.9 Å². The Balaban J connectivity index is 4.04. The minimum Gasteiger partial charge on any atom is -0.480 e. The molecule has 0 saturated heterocycles. The zero-order valence-corrected chi connectivity index (χ0v) is 11.4. The topological polar surface area (TPSA) is 86.7 Å². The highest BCUT2D eigenvalue weighted by Crippen LogP contribution is 2.04. The molecule has 0 aromatic heterocycles. The van der Waals surface area contributed by atoms with Gasteiger partial charge in [0.05, 0.1) is 0 Å². The Morgan fingerprint density at radius 3 is 2.11 bits per heavy atom. The Bertz CT molecular complexity index is 313. The van der Waals surface area contributed by atoms with Gasteiger partial charge in [-0.05, 0) is 12.3 Å². The van der Waals surface area contributed by atoms with Gasteiger partial charge in [0, 0.05) is 26.9 Å². The van der Waals surface area contributed by atoms with Gasteiger partial charge in [-0.15, -0.1) is 0 Å². The molecule has 0 aliphatic heterocycles. The molecule has 0 rings (SSSR count). The minimum atomic E-state index is -1.04. The molecule has 0 aromatic carbocycles. The molecule has 0 aliphatic carbocycles. The lowest BCUT2D eigenvalue weighted by Gasteiger charge is -2.17. The van der Waals surface area contributed by atoms with Crippen LogP contribution in [0, 0.1) is 5.92 Å². The minimum absolute atomic E-state index is 0.0403. The van der Waals surface area contributed by atoms with Gasteiger partial charge in [-0.3, -0.25) is 9.59 Å². The number of carboxylic acid groups (broad SMARTS) is 1. The summed E-state index contributed by atoms with van der Waals surface area (Å²) < 4.78 is 0. The van der Waals surface area contributed by atoms with Gasteiger partial charge < -0.3 is 15.3 Å². The molecule has 18 heavy (non-hydrogen) atoms. The maximum absolute atomic E-state index is 11.5. The number of nitrogens with zero attached hydrogens (tertiary/aromatic N) is 1. The molecule has 0 spiro atoms. The second-order valence-electron chi connectivity index (χ2n) is 4.77. The number of amides is 2. The van der Waals surface area contributed by atoms with Crippen LogP contribution in [0.1, 0.15) is 33.1 Å². The van der Waals surface area contributed by atoms with Crippen LogP contribution in [-0.2, 0) is 14.4 Å². The fraction of sp³-hybridized carbons (Fsp3) is 0.750. The lowest BCUT2D eigenvalue weighted by molar-refractivity contribution is -0.143. The van der Waals surface area contributed by atoms with Gasteiger partial charge in [-0.2, -0.15) is 0 Å².